The first-order chi connectivity index (χ1) is 11.1. The smallest absolute Gasteiger partial charge is 0.147 e. The zero-order chi connectivity index (χ0) is 16.7. The molecular formula is C20H30O3. The topological polar surface area (TPSA) is 27.7 Å². The van der Waals surface area contributed by atoms with Crippen LogP contribution in [0.5, 0.6) is 0 Å². The van der Waals surface area contributed by atoms with Crippen LogP contribution in [0.4, 0.5) is 0 Å². The minimum absolute atomic E-state index is 0.178. The molecule has 1 aliphatic heterocycles. The third-order valence-corrected chi connectivity index (χ3v) is 4.71. The molecule has 1 fully saturated rings. The van der Waals surface area contributed by atoms with E-state index in [9.17, 15) is 0 Å². The summed E-state index contributed by atoms with van der Waals surface area (Å²) in [6.45, 7) is 12.2. The summed E-state index contributed by atoms with van der Waals surface area (Å²) in [6, 6.07) is 10.3. The maximum Gasteiger partial charge on any atom is 0.147 e. The summed E-state index contributed by atoms with van der Waals surface area (Å²) in [6.07, 6.45) is 3.35. The third kappa shape index (κ3) is 5.17. The average molecular weight is 318 g/mol. The van der Waals surface area contributed by atoms with Gasteiger partial charge in [0.05, 0.1) is 25.4 Å². The van der Waals surface area contributed by atoms with E-state index in [0.717, 1.165) is 6.42 Å². The molecule has 1 saturated heterocycles. The Morgan fingerprint density at radius 3 is 2.48 bits per heavy atom. The molecule has 128 valence electrons. The minimum atomic E-state index is 0.178. The Balaban J connectivity index is 1.83. The summed E-state index contributed by atoms with van der Waals surface area (Å²) in [5.41, 5.74) is 1.21. The Bertz CT molecular complexity index is 459. The van der Waals surface area contributed by atoms with Crippen LogP contribution in [0.25, 0.3) is 0 Å². The van der Waals surface area contributed by atoms with Crippen LogP contribution < -0.4 is 0 Å². The number of hydrogen-bond acceptors (Lipinski definition) is 3. The van der Waals surface area contributed by atoms with Crippen molar-refractivity contribution < 1.29 is 14.2 Å². The van der Waals surface area contributed by atoms with Crippen LogP contribution in [0, 0.1) is 17.8 Å². The van der Waals surface area contributed by atoms with Crippen LogP contribution in [-0.4, -0.2) is 25.6 Å². The summed E-state index contributed by atoms with van der Waals surface area (Å²) in [5, 5.41) is 0. The molecule has 0 spiro atoms. The molecule has 1 aromatic rings. The van der Waals surface area contributed by atoms with Crippen LogP contribution in [0.1, 0.15) is 32.8 Å². The van der Waals surface area contributed by atoms with Crippen molar-refractivity contribution in [1.29, 1.82) is 0 Å². The second-order valence-electron chi connectivity index (χ2n) is 6.72. The van der Waals surface area contributed by atoms with Crippen molar-refractivity contribution >= 4 is 0 Å². The molecule has 0 aliphatic carbocycles. The Hall–Kier alpha value is -1.16. The first kappa shape index (κ1) is 18.2. The molecule has 3 heteroatoms. The number of rotatable bonds is 8. The first-order valence-corrected chi connectivity index (χ1v) is 8.59. The van der Waals surface area contributed by atoms with E-state index in [-0.39, 0.29) is 12.2 Å². The van der Waals surface area contributed by atoms with Crippen LogP contribution in [0.15, 0.2) is 43.0 Å². The molecule has 23 heavy (non-hydrogen) atoms. The minimum Gasteiger partial charge on any atom is -0.376 e. The standard InChI is InChI=1S/C20H30O3/c1-5-9-15(2)19-17(4)20(23-14-22-19)16(3)12-21-13-18-10-7-6-8-11-18/h5-8,10-11,15-17,19-20H,1,9,12-14H2,2-4H3/t15?,16-,17-,19+,20-/m1/s1. The van der Waals surface area contributed by atoms with E-state index >= 15 is 0 Å². The van der Waals surface area contributed by atoms with Gasteiger partial charge < -0.3 is 14.2 Å². The molecule has 1 unspecified atom stereocenters. The molecule has 1 heterocycles. The second kappa shape index (κ2) is 9.21. The number of hydrogen-bond donors (Lipinski definition) is 0. The summed E-state index contributed by atoms with van der Waals surface area (Å²) in [4.78, 5) is 0. The number of allylic oxidation sites excluding steroid dienone is 1. The van der Waals surface area contributed by atoms with E-state index in [0.29, 0.717) is 37.8 Å². The quantitative estimate of drug-likeness (QED) is 0.664. The van der Waals surface area contributed by atoms with Gasteiger partial charge in [0.25, 0.3) is 0 Å². The van der Waals surface area contributed by atoms with E-state index in [1.165, 1.54) is 5.56 Å². The second-order valence-corrected chi connectivity index (χ2v) is 6.72. The molecule has 1 aromatic carbocycles. The molecule has 2 rings (SSSR count). The Morgan fingerprint density at radius 1 is 1.17 bits per heavy atom. The molecule has 0 saturated carbocycles. The fourth-order valence-electron chi connectivity index (χ4n) is 3.48. The van der Waals surface area contributed by atoms with Crippen molar-refractivity contribution in [3.63, 3.8) is 0 Å². The summed E-state index contributed by atoms with van der Waals surface area (Å²) in [7, 11) is 0. The SMILES string of the molecule is C=CCC(C)[C@@H]1OCO[C@H]([C@H](C)COCc2ccccc2)[C@@H]1C. The molecule has 5 atom stereocenters. The number of ether oxygens (including phenoxy) is 3. The summed E-state index contributed by atoms with van der Waals surface area (Å²) < 4.78 is 17.6. The lowest BCUT2D eigenvalue weighted by atomic mass is 9.82. The highest BCUT2D eigenvalue weighted by Gasteiger charge is 2.37. The monoisotopic (exact) mass is 318 g/mol. The average Bonchev–Trinajstić information content (AvgIpc) is 2.56. The predicted octanol–water partition coefficient (Wildman–Crippen LogP) is 4.43. The van der Waals surface area contributed by atoms with Crippen molar-refractivity contribution in [3.05, 3.63) is 48.6 Å². The fraction of sp³-hybridized carbons (Fsp3) is 0.600. The van der Waals surface area contributed by atoms with Crippen molar-refractivity contribution in [3.8, 4) is 0 Å². The summed E-state index contributed by atoms with van der Waals surface area (Å²) >= 11 is 0. The highest BCUT2D eigenvalue weighted by Crippen LogP contribution is 2.31. The maximum atomic E-state index is 5.89. The molecule has 0 N–H and O–H groups in total. The van der Waals surface area contributed by atoms with Gasteiger partial charge in [-0.05, 0) is 17.9 Å². The van der Waals surface area contributed by atoms with Crippen molar-refractivity contribution in [2.45, 2.75) is 46.0 Å². The van der Waals surface area contributed by atoms with Gasteiger partial charge in [-0.25, -0.2) is 0 Å². The van der Waals surface area contributed by atoms with Crippen LogP contribution in [0.3, 0.4) is 0 Å². The van der Waals surface area contributed by atoms with Crippen LogP contribution in [0.2, 0.25) is 0 Å². The van der Waals surface area contributed by atoms with Crippen molar-refractivity contribution in [2.75, 3.05) is 13.4 Å². The van der Waals surface area contributed by atoms with Gasteiger partial charge in [-0.2, -0.15) is 0 Å². The van der Waals surface area contributed by atoms with Gasteiger partial charge in [0, 0.05) is 11.8 Å². The van der Waals surface area contributed by atoms with Gasteiger partial charge in [0.15, 0.2) is 0 Å². The van der Waals surface area contributed by atoms with Gasteiger partial charge in [-0.15, -0.1) is 6.58 Å². The van der Waals surface area contributed by atoms with Gasteiger partial charge in [-0.3, -0.25) is 0 Å². The van der Waals surface area contributed by atoms with Gasteiger partial charge >= 0.3 is 0 Å². The molecule has 1 aliphatic rings. The van der Waals surface area contributed by atoms with Gasteiger partial charge in [0.1, 0.15) is 6.79 Å². The van der Waals surface area contributed by atoms with Gasteiger partial charge in [0.2, 0.25) is 0 Å². The summed E-state index contributed by atoms with van der Waals surface area (Å²) in [5.74, 6) is 1.16. The number of benzene rings is 1. The maximum absolute atomic E-state index is 5.89. The highest BCUT2D eigenvalue weighted by atomic mass is 16.7. The largest absolute Gasteiger partial charge is 0.376 e. The van der Waals surface area contributed by atoms with E-state index in [4.69, 9.17) is 14.2 Å². The molecule has 0 amide bonds. The van der Waals surface area contributed by atoms with E-state index in [1.54, 1.807) is 0 Å². The van der Waals surface area contributed by atoms with Crippen LogP contribution >= 0.6 is 0 Å². The highest BCUT2D eigenvalue weighted by molar-refractivity contribution is 5.13. The third-order valence-electron chi connectivity index (χ3n) is 4.71. The molecule has 0 radical (unpaired) electrons. The molecule has 0 bridgehead atoms. The lowest BCUT2D eigenvalue weighted by molar-refractivity contribution is -0.231. The van der Waals surface area contributed by atoms with Gasteiger partial charge in [-0.1, -0.05) is 57.2 Å². The van der Waals surface area contributed by atoms with Crippen molar-refractivity contribution in [2.24, 2.45) is 17.8 Å². The zero-order valence-electron chi connectivity index (χ0n) is 14.6. The zero-order valence-corrected chi connectivity index (χ0v) is 14.6. The predicted molar refractivity (Wildman–Crippen MR) is 93.0 cm³/mol. The Kier molecular flexibility index (Phi) is 7.28. The molecule has 0 aromatic heterocycles. The molecule has 3 nitrogen and oxygen atoms in total. The normalized spacial score (nSPS) is 27.3. The van der Waals surface area contributed by atoms with E-state index in [2.05, 4.69) is 39.5 Å². The molecular weight excluding hydrogens is 288 g/mol. The lowest BCUT2D eigenvalue weighted by Crippen LogP contribution is -2.46. The van der Waals surface area contributed by atoms with Crippen LogP contribution in [-0.2, 0) is 20.8 Å². The van der Waals surface area contributed by atoms with E-state index in [1.807, 2.05) is 24.3 Å². The van der Waals surface area contributed by atoms with Crippen molar-refractivity contribution in [1.82, 2.24) is 0 Å². The lowest BCUT2D eigenvalue weighted by Gasteiger charge is -2.41. The Labute approximate surface area is 140 Å². The van der Waals surface area contributed by atoms with E-state index < -0.39 is 0 Å². The fourth-order valence-corrected chi connectivity index (χ4v) is 3.48. The Morgan fingerprint density at radius 2 is 1.83 bits per heavy atom. The first-order valence-electron chi connectivity index (χ1n) is 8.59.